The molecule has 10 heteroatoms. The summed E-state index contributed by atoms with van der Waals surface area (Å²) in [6.07, 6.45) is 5.01. The fourth-order valence-electron chi connectivity index (χ4n) is 3.75. The monoisotopic (exact) mass is 464 g/mol. The lowest BCUT2D eigenvalue weighted by Crippen LogP contribution is -2.45. The molecule has 1 saturated heterocycles. The molecular weight excluding hydrogens is 432 g/mol. The van der Waals surface area contributed by atoms with Crippen LogP contribution in [0.15, 0.2) is 35.7 Å². The van der Waals surface area contributed by atoms with E-state index in [4.69, 9.17) is 9.47 Å². The van der Waals surface area contributed by atoms with Crippen molar-refractivity contribution >= 4 is 15.9 Å². The molecule has 1 atom stereocenters. The Bertz CT molecular complexity index is 1030. The molecule has 0 spiro atoms. The van der Waals surface area contributed by atoms with Crippen LogP contribution in [-0.2, 0) is 21.2 Å². The first kappa shape index (κ1) is 24.1. The first-order chi connectivity index (χ1) is 15.3. The highest BCUT2D eigenvalue weighted by molar-refractivity contribution is 7.89. The van der Waals surface area contributed by atoms with Crippen LogP contribution in [0.3, 0.4) is 0 Å². The minimum absolute atomic E-state index is 0.0284. The number of hydrogen-bond donors (Lipinski definition) is 1. The lowest BCUT2D eigenvalue weighted by atomic mass is 9.99. The van der Waals surface area contributed by atoms with Crippen molar-refractivity contribution in [3.63, 3.8) is 0 Å². The molecule has 1 N–H and O–H groups in total. The molecule has 1 aromatic carbocycles. The first-order valence-corrected chi connectivity index (χ1v) is 12.2. The minimum Gasteiger partial charge on any atom is -0.493 e. The van der Waals surface area contributed by atoms with E-state index >= 15 is 0 Å². The molecule has 32 heavy (non-hydrogen) atoms. The van der Waals surface area contributed by atoms with Crippen molar-refractivity contribution < 1.29 is 22.7 Å². The molecule has 0 saturated carbocycles. The zero-order chi connectivity index (χ0) is 23.3. The predicted molar refractivity (Wildman–Crippen MR) is 120 cm³/mol. The second kappa shape index (κ2) is 10.4. The van der Waals surface area contributed by atoms with E-state index in [-0.39, 0.29) is 29.4 Å². The Hall–Kier alpha value is -2.59. The number of benzene rings is 1. The van der Waals surface area contributed by atoms with Crippen LogP contribution in [0.25, 0.3) is 0 Å². The van der Waals surface area contributed by atoms with Gasteiger partial charge in [-0.15, -0.1) is 0 Å². The average Bonchev–Trinajstić information content (AvgIpc) is 3.30. The molecule has 0 unspecified atom stereocenters. The number of amides is 1. The zero-order valence-electron chi connectivity index (χ0n) is 19.1. The summed E-state index contributed by atoms with van der Waals surface area (Å²) in [5.74, 6) is 0.792. The lowest BCUT2D eigenvalue weighted by Gasteiger charge is -2.30. The van der Waals surface area contributed by atoms with E-state index in [9.17, 15) is 13.2 Å². The van der Waals surface area contributed by atoms with Crippen molar-refractivity contribution in [2.75, 3.05) is 33.9 Å². The minimum atomic E-state index is -3.72. The summed E-state index contributed by atoms with van der Waals surface area (Å²) in [7, 11) is -0.556. The Balaban J connectivity index is 1.57. The number of carbonyl (C=O) groups is 1. The van der Waals surface area contributed by atoms with Gasteiger partial charge in [0, 0.05) is 31.9 Å². The fraction of sp³-hybridized carbons (Fsp3) is 0.545. The third-order valence-electron chi connectivity index (χ3n) is 5.69. The SMILES string of the molecule is COc1ccc(CCNC(=O)[C@H]2CCCN(S(=O)(=O)c3cn(C(C)C)cn3)C2)cc1OC. The summed E-state index contributed by atoms with van der Waals surface area (Å²) < 4.78 is 39.7. The van der Waals surface area contributed by atoms with Crippen LogP contribution in [0.1, 0.15) is 38.3 Å². The van der Waals surface area contributed by atoms with Crippen molar-refractivity contribution in [3.05, 3.63) is 36.3 Å². The number of hydrogen-bond acceptors (Lipinski definition) is 6. The summed E-state index contributed by atoms with van der Waals surface area (Å²) in [5, 5.41) is 2.97. The van der Waals surface area contributed by atoms with Gasteiger partial charge < -0.3 is 19.4 Å². The highest BCUT2D eigenvalue weighted by atomic mass is 32.2. The number of nitrogens with one attached hydrogen (secondary N) is 1. The zero-order valence-corrected chi connectivity index (χ0v) is 19.9. The van der Waals surface area contributed by atoms with Crippen LogP contribution in [-0.4, -0.2) is 62.0 Å². The van der Waals surface area contributed by atoms with Crippen LogP contribution in [0.5, 0.6) is 11.5 Å². The summed E-state index contributed by atoms with van der Waals surface area (Å²) >= 11 is 0. The summed E-state index contributed by atoms with van der Waals surface area (Å²) in [6, 6.07) is 5.77. The third kappa shape index (κ3) is 5.42. The number of carbonyl (C=O) groups excluding carboxylic acids is 1. The van der Waals surface area contributed by atoms with Crippen LogP contribution in [0.4, 0.5) is 0 Å². The van der Waals surface area contributed by atoms with E-state index in [2.05, 4.69) is 10.3 Å². The molecule has 2 heterocycles. The maximum Gasteiger partial charge on any atom is 0.262 e. The topological polar surface area (TPSA) is 103 Å². The van der Waals surface area contributed by atoms with Gasteiger partial charge in [-0.1, -0.05) is 6.07 Å². The molecule has 1 aromatic heterocycles. The van der Waals surface area contributed by atoms with Gasteiger partial charge in [-0.3, -0.25) is 4.79 Å². The second-order valence-corrected chi connectivity index (χ2v) is 10.1. The number of sulfonamides is 1. The van der Waals surface area contributed by atoms with Crippen molar-refractivity contribution in [1.29, 1.82) is 0 Å². The lowest BCUT2D eigenvalue weighted by molar-refractivity contribution is -0.126. The van der Waals surface area contributed by atoms with Gasteiger partial charge in [-0.2, -0.15) is 4.31 Å². The Morgan fingerprint density at radius 2 is 2.00 bits per heavy atom. The Labute approximate surface area is 189 Å². The van der Waals surface area contributed by atoms with Crippen molar-refractivity contribution in [2.24, 2.45) is 5.92 Å². The van der Waals surface area contributed by atoms with Crippen LogP contribution >= 0.6 is 0 Å². The van der Waals surface area contributed by atoms with E-state index in [0.29, 0.717) is 43.9 Å². The molecule has 1 aliphatic heterocycles. The maximum atomic E-state index is 13.0. The molecule has 0 aliphatic carbocycles. The van der Waals surface area contributed by atoms with Crippen molar-refractivity contribution in [2.45, 2.75) is 44.2 Å². The number of piperidine rings is 1. The van der Waals surface area contributed by atoms with Gasteiger partial charge in [-0.25, -0.2) is 13.4 Å². The molecule has 0 radical (unpaired) electrons. The van der Waals surface area contributed by atoms with E-state index in [1.807, 2.05) is 32.0 Å². The van der Waals surface area contributed by atoms with Gasteiger partial charge >= 0.3 is 0 Å². The van der Waals surface area contributed by atoms with Crippen LogP contribution in [0.2, 0.25) is 0 Å². The molecule has 1 aliphatic rings. The van der Waals surface area contributed by atoms with Crippen molar-refractivity contribution in [3.8, 4) is 11.5 Å². The van der Waals surface area contributed by atoms with Crippen LogP contribution in [0, 0.1) is 5.92 Å². The quantitative estimate of drug-likeness (QED) is 0.611. The number of imidazole rings is 1. The maximum absolute atomic E-state index is 13.0. The normalized spacial score (nSPS) is 17.3. The molecule has 0 bridgehead atoms. The van der Waals surface area contributed by atoms with Crippen molar-refractivity contribution in [1.82, 2.24) is 19.2 Å². The summed E-state index contributed by atoms with van der Waals surface area (Å²) in [5.41, 5.74) is 1.01. The molecule has 176 valence electrons. The highest BCUT2D eigenvalue weighted by Gasteiger charge is 2.34. The molecular formula is C22H32N4O5S. The summed E-state index contributed by atoms with van der Waals surface area (Å²) in [4.78, 5) is 16.8. The largest absolute Gasteiger partial charge is 0.493 e. The fourth-order valence-corrected chi connectivity index (χ4v) is 5.20. The Kier molecular flexibility index (Phi) is 7.78. The van der Waals surface area contributed by atoms with E-state index < -0.39 is 10.0 Å². The van der Waals surface area contributed by atoms with Gasteiger partial charge in [-0.05, 0) is 50.8 Å². The molecule has 2 aromatic rings. The van der Waals surface area contributed by atoms with Gasteiger partial charge in [0.05, 0.1) is 26.5 Å². The average molecular weight is 465 g/mol. The number of nitrogens with zero attached hydrogens (tertiary/aromatic N) is 3. The molecule has 1 fully saturated rings. The number of methoxy groups -OCH3 is 2. The number of rotatable bonds is 9. The van der Waals surface area contributed by atoms with Gasteiger partial charge in [0.25, 0.3) is 10.0 Å². The van der Waals surface area contributed by atoms with E-state index in [1.54, 1.807) is 25.0 Å². The van der Waals surface area contributed by atoms with E-state index in [0.717, 1.165) is 5.56 Å². The second-order valence-electron chi connectivity index (χ2n) is 8.19. The first-order valence-electron chi connectivity index (χ1n) is 10.8. The van der Waals surface area contributed by atoms with Gasteiger partial charge in [0.2, 0.25) is 5.91 Å². The predicted octanol–water partition coefficient (Wildman–Crippen LogP) is 2.24. The summed E-state index contributed by atoms with van der Waals surface area (Å²) in [6.45, 7) is 4.93. The third-order valence-corrected chi connectivity index (χ3v) is 7.44. The molecule has 1 amide bonds. The number of aromatic nitrogens is 2. The Morgan fingerprint density at radius 1 is 1.25 bits per heavy atom. The smallest absolute Gasteiger partial charge is 0.262 e. The van der Waals surface area contributed by atoms with Gasteiger partial charge in [0.1, 0.15) is 0 Å². The standard InChI is InChI=1S/C22H32N4O5S/c1-16(2)25-14-21(24-15-25)32(28,29)26-11-5-6-18(13-26)22(27)23-10-9-17-7-8-19(30-3)20(12-17)31-4/h7-8,12,14-16,18H,5-6,9-11,13H2,1-4H3,(H,23,27)/t18-/m0/s1. The van der Waals surface area contributed by atoms with Gasteiger partial charge in [0.15, 0.2) is 16.5 Å². The van der Waals surface area contributed by atoms with Crippen LogP contribution < -0.4 is 14.8 Å². The molecule has 9 nitrogen and oxygen atoms in total. The molecule has 3 rings (SSSR count). The Morgan fingerprint density at radius 3 is 2.66 bits per heavy atom. The number of ether oxygens (including phenoxy) is 2. The highest BCUT2D eigenvalue weighted by Crippen LogP contribution is 2.28. The van der Waals surface area contributed by atoms with E-state index in [1.165, 1.54) is 10.6 Å².